The van der Waals surface area contributed by atoms with E-state index in [9.17, 15) is 9.59 Å². The fraction of sp³-hybridized carbons (Fsp3) is 0.667. The molecule has 2 heterocycles. The zero-order valence-electron chi connectivity index (χ0n) is 13.1. The van der Waals surface area contributed by atoms with E-state index in [-0.39, 0.29) is 11.3 Å². The van der Waals surface area contributed by atoms with Crippen LogP contribution >= 0.6 is 11.3 Å². The van der Waals surface area contributed by atoms with E-state index in [2.05, 4.69) is 36.5 Å². The number of carbonyl (C=O) groups excluding carboxylic acids is 1. The number of carboxylic acid groups (broad SMARTS) is 1. The number of aromatic nitrogens is 1. The summed E-state index contributed by atoms with van der Waals surface area (Å²) in [7, 11) is 0. The summed E-state index contributed by atoms with van der Waals surface area (Å²) < 4.78 is 5.21. The molecule has 0 saturated carbocycles. The summed E-state index contributed by atoms with van der Waals surface area (Å²) in [5.41, 5.74) is 1.09. The van der Waals surface area contributed by atoms with Crippen LogP contribution in [0.1, 0.15) is 44.3 Å². The summed E-state index contributed by atoms with van der Waals surface area (Å²) in [6.45, 7) is 6.82. The van der Waals surface area contributed by atoms with Crippen LogP contribution in [0.2, 0.25) is 0 Å². The Balaban J connectivity index is 1.76. The lowest BCUT2D eigenvalue weighted by atomic mass is 9.93. The number of nitrogens with one attached hydrogen (secondary N) is 1. The molecule has 2 rings (SSSR count). The first kappa shape index (κ1) is 16.9. The maximum Gasteiger partial charge on any atom is 0.332 e. The number of aliphatic carboxylic acids is 1. The summed E-state index contributed by atoms with van der Waals surface area (Å²) in [4.78, 5) is 27.3. The second-order valence-electron chi connectivity index (χ2n) is 6.45. The van der Waals surface area contributed by atoms with E-state index in [4.69, 9.17) is 9.84 Å². The molecule has 1 fully saturated rings. The highest BCUT2D eigenvalue weighted by Gasteiger charge is 2.34. The van der Waals surface area contributed by atoms with Crippen LogP contribution in [0.15, 0.2) is 5.38 Å². The Morgan fingerprint density at radius 3 is 2.64 bits per heavy atom. The SMILES string of the molecule is CC(C)(C)c1csc(CCNC(=O)[C@@H]2CC[C@H](C(=O)O)O2)n1. The number of ether oxygens (including phenoxy) is 1. The lowest BCUT2D eigenvalue weighted by Gasteiger charge is -2.14. The van der Waals surface area contributed by atoms with Crippen LogP contribution in [0.4, 0.5) is 0 Å². The second-order valence-corrected chi connectivity index (χ2v) is 7.39. The highest BCUT2D eigenvalue weighted by atomic mass is 32.1. The van der Waals surface area contributed by atoms with Crippen LogP contribution in [0.3, 0.4) is 0 Å². The van der Waals surface area contributed by atoms with Gasteiger partial charge in [-0.15, -0.1) is 11.3 Å². The Hall–Kier alpha value is -1.47. The Bertz CT molecular complexity index is 550. The van der Waals surface area contributed by atoms with Gasteiger partial charge in [-0.05, 0) is 12.8 Å². The molecule has 0 spiro atoms. The third kappa shape index (κ3) is 4.27. The molecule has 1 aromatic rings. The van der Waals surface area contributed by atoms with Crippen molar-refractivity contribution in [3.05, 3.63) is 16.1 Å². The van der Waals surface area contributed by atoms with Gasteiger partial charge < -0.3 is 15.2 Å². The molecule has 1 aliphatic rings. The average Bonchev–Trinajstić information content (AvgIpc) is 3.07. The van der Waals surface area contributed by atoms with Gasteiger partial charge in [-0.25, -0.2) is 9.78 Å². The van der Waals surface area contributed by atoms with Gasteiger partial charge in [-0.1, -0.05) is 20.8 Å². The van der Waals surface area contributed by atoms with Crippen LogP contribution in [-0.2, 0) is 26.2 Å². The molecule has 1 amide bonds. The molecule has 0 unspecified atom stereocenters. The molecule has 2 atom stereocenters. The van der Waals surface area contributed by atoms with Crippen LogP contribution in [0.25, 0.3) is 0 Å². The van der Waals surface area contributed by atoms with Gasteiger partial charge in [0.05, 0.1) is 10.7 Å². The molecule has 22 heavy (non-hydrogen) atoms. The number of thiazole rings is 1. The topological polar surface area (TPSA) is 88.5 Å². The molecular weight excluding hydrogens is 304 g/mol. The highest BCUT2D eigenvalue weighted by molar-refractivity contribution is 7.09. The van der Waals surface area contributed by atoms with Crippen molar-refractivity contribution in [2.24, 2.45) is 0 Å². The maximum atomic E-state index is 11.9. The third-order valence-corrected chi connectivity index (χ3v) is 4.45. The predicted molar refractivity (Wildman–Crippen MR) is 83.1 cm³/mol. The molecule has 0 bridgehead atoms. The van der Waals surface area contributed by atoms with Crippen LogP contribution < -0.4 is 5.32 Å². The minimum Gasteiger partial charge on any atom is -0.479 e. The van der Waals surface area contributed by atoms with Crippen molar-refractivity contribution in [2.45, 2.75) is 57.7 Å². The van der Waals surface area contributed by atoms with Crippen LogP contribution in [-0.4, -0.2) is 40.7 Å². The minimum atomic E-state index is -1.01. The van der Waals surface area contributed by atoms with E-state index < -0.39 is 18.2 Å². The quantitative estimate of drug-likeness (QED) is 0.860. The molecule has 7 heteroatoms. The van der Waals surface area contributed by atoms with E-state index >= 15 is 0 Å². The van der Waals surface area contributed by atoms with Crippen molar-refractivity contribution in [3.8, 4) is 0 Å². The van der Waals surface area contributed by atoms with E-state index in [1.54, 1.807) is 11.3 Å². The predicted octanol–water partition coefficient (Wildman–Crippen LogP) is 1.73. The van der Waals surface area contributed by atoms with E-state index in [1.165, 1.54) is 0 Å². The van der Waals surface area contributed by atoms with Gasteiger partial charge in [0.1, 0.15) is 6.10 Å². The molecule has 1 aromatic heterocycles. The molecule has 0 aromatic carbocycles. The van der Waals surface area contributed by atoms with Gasteiger partial charge in [0, 0.05) is 23.8 Å². The molecular formula is C15H22N2O4S. The van der Waals surface area contributed by atoms with Gasteiger partial charge >= 0.3 is 5.97 Å². The van der Waals surface area contributed by atoms with Crippen molar-refractivity contribution in [2.75, 3.05) is 6.54 Å². The highest BCUT2D eigenvalue weighted by Crippen LogP contribution is 2.24. The first-order valence-electron chi connectivity index (χ1n) is 7.38. The number of nitrogens with zero attached hydrogens (tertiary/aromatic N) is 1. The summed E-state index contributed by atoms with van der Waals surface area (Å²) in [5.74, 6) is -1.25. The zero-order chi connectivity index (χ0) is 16.3. The van der Waals surface area contributed by atoms with E-state index in [0.29, 0.717) is 25.8 Å². The van der Waals surface area contributed by atoms with Gasteiger partial charge in [0.25, 0.3) is 0 Å². The Morgan fingerprint density at radius 1 is 1.41 bits per heavy atom. The number of amides is 1. The number of carbonyl (C=O) groups is 2. The van der Waals surface area contributed by atoms with E-state index in [0.717, 1.165) is 10.7 Å². The number of rotatable bonds is 5. The maximum absolute atomic E-state index is 11.9. The molecule has 1 saturated heterocycles. The normalized spacial score (nSPS) is 21.8. The Labute approximate surface area is 133 Å². The molecule has 0 radical (unpaired) electrons. The molecule has 6 nitrogen and oxygen atoms in total. The van der Waals surface area contributed by atoms with Crippen LogP contribution in [0.5, 0.6) is 0 Å². The standard InChI is InChI=1S/C15H22N2O4S/c1-15(2,3)11-8-22-12(17-11)6-7-16-13(18)9-4-5-10(21-9)14(19)20/h8-10H,4-7H2,1-3H3,(H,16,18)(H,19,20)/t9-,10+/m0/s1. The first-order chi connectivity index (χ1) is 10.3. The first-order valence-corrected chi connectivity index (χ1v) is 8.26. The number of hydrogen-bond acceptors (Lipinski definition) is 5. The summed E-state index contributed by atoms with van der Waals surface area (Å²) in [6.07, 6.45) is -0.00319. The largest absolute Gasteiger partial charge is 0.479 e. The Kier molecular flexibility index (Phi) is 5.18. The third-order valence-electron chi connectivity index (χ3n) is 3.55. The summed E-state index contributed by atoms with van der Waals surface area (Å²) in [5, 5.41) is 14.7. The minimum absolute atomic E-state index is 0.0293. The summed E-state index contributed by atoms with van der Waals surface area (Å²) >= 11 is 1.59. The smallest absolute Gasteiger partial charge is 0.332 e. The van der Waals surface area contributed by atoms with Crippen molar-refractivity contribution in [3.63, 3.8) is 0 Å². The number of hydrogen-bond donors (Lipinski definition) is 2. The second kappa shape index (κ2) is 6.75. The summed E-state index contributed by atoms with van der Waals surface area (Å²) in [6, 6.07) is 0. The van der Waals surface area contributed by atoms with E-state index in [1.807, 2.05) is 0 Å². The fourth-order valence-electron chi connectivity index (χ4n) is 2.19. The average molecular weight is 326 g/mol. The lowest BCUT2D eigenvalue weighted by molar-refractivity contribution is -0.151. The van der Waals surface area contributed by atoms with Gasteiger partial charge in [-0.3, -0.25) is 4.79 Å². The number of carboxylic acids is 1. The molecule has 122 valence electrons. The van der Waals surface area contributed by atoms with Crippen molar-refractivity contribution < 1.29 is 19.4 Å². The zero-order valence-corrected chi connectivity index (χ0v) is 13.9. The van der Waals surface area contributed by atoms with Gasteiger partial charge in [0.15, 0.2) is 6.10 Å². The monoisotopic (exact) mass is 326 g/mol. The fourth-order valence-corrected chi connectivity index (χ4v) is 3.21. The van der Waals surface area contributed by atoms with Crippen molar-refractivity contribution in [1.82, 2.24) is 10.3 Å². The lowest BCUT2D eigenvalue weighted by Crippen LogP contribution is -2.36. The van der Waals surface area contributed by atoms with Gasteiger partial charge in [-0.2, -0.15) is 0 Å². The molecule has 2 N–H and O–H groups in total. The molecule has 1 aliphatic heterocycles. The van der Waals surface area contributed by atoms with Gasteiger partial charge in [0.2, 0.25) is 5.91 Å². The van der Waals surface area contributed by atoms with Crippen molar-refractivity contribution >= 4 is 23.2 Å². The molecule has 0 aliphatic carbocycles. The van der Waals surface area contributed by atoms with Crippen LogP contribution in [0, 0.1) is 0 Å². The van der Waals surface area contributed by atoms with Crippen molar-refractivity contribution in [1.29, 1.82) is 0 Å². The Morgan fingerprint density at radius 2 is 2.09 bits per heavy atom.